The van der Waals surface area contributed by atoms with Gasteiger partial charge in [-0.25, -0.2) is 13.6 Å². The van der Waals surface area contributed by atoms with Crippen molar-refractivity contribution in [3.8, 4) is 5.88 Å². The van der Waals surface area contributed by atoms with E-state index in [4.69, 9.17) is 9.84 Å². The summed E-state index contributed by atoms with van der Waals surface area (Å²) in [6.45, 7) is 0.627. The smallest absolute Gasteiger partial charge is 0.335 e. The molecule has 0 amide bonds. The highest BCUT2D eigenvalue weighted by Gasteiger charge is 2.45. The molecule has 23 heavy (non-hydrogen) atoms. The molecule has 1 saturated carbocycles. The molecule has 1 N–H and O–H groups in total. The van der Waals surface area contributed by atoms with Gasteiger partial charge < -0.3 is 14.7 Å². The third-order valence-electron chi connectivity index (χ3n) is 3.97. The topological polar surface area (TPSA) is 67.6 Å². The number of likely N-dealkylation sites (N-methyl/N-ethyl adjacent to an activating group) is 1. The fraction of sp³-hybridized carbons (Fsp3) is 0.467. The van der Waals surface area contributed by atoms with Gasteiger partial charge in [-0.15, -0.1) is 0 Å². The fourth-order valence-electron chi connectivity index (χ4n) is 2.69. The molecule has 0 spiro atoms. The molecular weight excluding hydrogens is 308 g/mol. The summed E-state index contributed by atoms with van der Waals surface area (Å²) in [7, 11) is 1.80. The summed E-state index contributed by atoms with van der Waals surface area (Å²) in [6, 6.07) is 1.63. The number of carboxylic acid groups (broad SMARTS) is 1. The van der Waals surface area contributed by atoms with E-state index >= 15 is 0 Å². The number of alkyl halides is 2. The minimum absolute atomic E-state index is 0.157. The Hall–Kier alpha value is -2.38. The van der Waals surface area contributed by atoms with Crippen molar-refractivity contribution in [2.45, 2.75) is 18.8 Å². The molecule has 0 atom stereocenters. The molecule has 0 saturated heterocycles. The van der Waals surface area contributed by atoms with Crippen molar-refractivity contribution < 1.29 is 23.4 Å². The highest BCUT2D eigenvalue weighted by molar-refractivity contribution is 5.92. The van der Waals surface area contributed by atoms with Gasteiger partial charge in [0.1, 0.15) is 5.82 Å². The average Bonchev–Trinajstić information content (AvgIpc) is 2.91. The van der Waals surface area contributed by atoms with E-state index in [0.717, 1.165) is 0 Å². The zero-order chi connectivity index (χ0) is 16.6. The van der Waals surface area contributed by atoms with E-state index in [2.05, 4.69) is 5.10 Å². The Bertz CT molecular complexity index is 673. The van der Waals surface area contributed by atoms with E-state index in [1.54, 1.807) is 19.2 Å². The molecule has 1 aromatic rings. The van der Waals surface area contributed by atoms with Gasteiger partial charge in [0.2, 0.25) is 11.8 Å². The summed E-state index contributed by atoms with van der Waals surface area (Å²) in [5.41, 5.74) is 0.179. The molecule has 0 radical (unpaired) electrons. The van der Waals surface area contributed by atoms with Crippen LogP contribution in [0.2, 0.25) is 0 Å². The lowest BCUT2D eigenvalue weighted by Gasteiger charge is -2.34. The first-order chi connectivity index (χ1) is 10.9. The van der Waals surface area contributed by atoms with Crippen molar-refractivity contribution in [3.63, 3.8) is 0 Å². The first-order valence-corrected chi connectivity index (χ1v) is 7.27. The number of rotatable bonds is 5. The lowest BCUT2D eigenvalue weighted by molar-refractivity contribution is -0.132. The number of aliphatic carboxylic acids is 1. The van der Waals surface area contributed by atoms with Crippen molar-refractivity contribution >= 4 is 11.8 Å². The summed E-state index contributed by atoms with van der Waals surface area (Å²) < 4.78 is 32.8. The number of ether oxygens (including phenoxy) is 1. The Morgan fingerprint density at radius 3 is 2.91 bits per heavy atom. The SMILES string of the molecule is CN1CC=C(C(=O)O)C=C1n1nccc1OCC1CC(F)(F)C1. The molecule has 0 aromatic carbocycles. The normalized spacial score (nSPS) is 20.6. The quantitative estimate of drug-likeness (QED) is 0.897. The van der Waals surface area contributed by atoms with Gasteiger partial charge in [-0.1, -0.05) is 6.08 Å². The van der Waals surface area contributed by atoms with Crippen LogP contribution in [0.5, 0.6) is 5.88 Å². The predicted octanol–water partition coefficient (Wildman–Crippen LogP) is 2.06. The third-order valence-corrected chi connectivity index (χ3v) is 3.97. The molecule has 3 rings (SSSR count). The maximum Gasteiger partial charge on any atom is 0.335 e. The van der Waals surface area contributed by atoms with E-state index in [1.807, 2.05) is 4.90 Å². The number of carboxylic acids is 1. The van der Waals surface area contributed by atoms with E-state index in [1.165, 1.54) is 17.0 Å². The molecule has 1 aliphatic heterocycles. The Labute approximate surface area is 131 Å². The van der Waals surface area contributed by atoms with Crippen molar-refractivity contribution in [2.24, 2.45) is 5.92 Å². The largest absolute Gasteiger partial charge is 0.478 e. The maximum atomic E-state index is 12.8. The zero-order valence-electron chi connectivity index (χ0n) is 12.6. The summed E-state index contributed by atoms with van der Waals surface area (Å²) >= 11 is 0. The first-order valence-electron chi connectivity index (χ1n) is 7.27. The lowest BCUT2D eigenvalue weighted by Crippen LogP contribution is -2.38. The second-order valence-electron chi connectivity index (χ2n) is 5.87. The molecule has 1 aromatic heterocycles. The van der Waals surface area contributed by atoms with Crippen molar-refractivity contribution in [1.82, 2.24) is 14.7 Å². The first kappa shape index (κ1) is 15.5. The van der Waals surface area contributed by atoms with E-state index < -0.39 is 11.9 Å². The monoisotopic (exact) mass is 325 g/mol. The fourth-order valence-corrected chi connectivity index (χ4v) is 2.69. The molecule has 1 fully saturated rings. The molecule has 2 heterocycles. The molecule has 2 aliphatic rings. The summed E-state index contributed by atoms with van der Waals surface area (Å²) in [6.07, 6.45) is 4.32. The minimum Gasteiger partial charge on any atom is -0.478 e. The van der Waals surface area contributed by atoms with Gasteiger partial charge in [-0.3, -0.25) is 0 Å². The Kier molecular flexibility index (Phi) is 3.83. The van der Waals surface area contributed by atoms with E-state index in [9.17, 15) is 13.6 Å². The van der Waals surface area contributed by atoms with Crippen molar-refractivity contribution in [1.29, 1.82) is 0 Å². The van der Waals surface area contributed by atoms with Crippen molar-refractivity contribution in [2.75, 3.05) is 20.2 Å². The molecule has 0 bridgehead atoms. The number of halogens is 2. The zero-order valence-corrected chi connectivity index (χ0v) is 12.6. The van der Waals surface area contributed by atoms with Crippen LogP contribution in [0.4, 0.5) is 8.78 Å². The van der Waals surface area contributed by atoms with Crippen LogP contribution < -0.4 is 4.74 Å². The highest BCUT2D eigenvalue weighted by Crippen LogP contribution is 2.42. The number of aromatic nitrogens is 2. The number of hydrogen-bond acceptors (Lipinski definition) is 4. The molecule has 0 unspecified atom stereocenters. The van der Waals surface area contributed by atoms with Crippen LogP contribution in [-0.2, 0) is 4.79 Å². The van der Waals surface area contributed by atoms with E-state index in [0.29, 0.717) is 18.2 Å². The van der Waals surface area contributed by atoms with Crippen LogP contribution in [0.3, 0.4) is 0 Å². The highest BCUT2D eigenvalue weighted by atomic mass is 19.3. The van der Waals surface area contributed by atoms with Crippen LogP contribution in [0.1, 0.15) is 12.8 Å². The predicted molar refractivity (Wildman–Crippen MR) is 78.0 cm³/mol. The van der Waals surface area contributed by atoms with Gasteiger partial charge >= 0.3 is 5.97 Å². The van der Waals surface area contributed by atoms with Gasteiger partial charge in [0.25, 0.3) is 0 Å². The standard InChI is InChI=1S/C15H17F2N3O3/c1-19-5-3-11(14(21)22)6-12(19)20-13(2-4-18-20)23-9-10-7-15(16,17)8-10/h2-4,6,10H,5,7-9H2,1H3,(H,21,22). The molecule has 124 valence electrons. The van der Waals surface area contributed by atoms with Crippen LogP contribution in [-0.4, -0.2) is 51.9 Å². The van der Waals surface area contributed by atoms with Gasteiger partial charge in [0.15, 0.2) is 0 Å². The molecule has 1 aliphatic carbocycles. The van der Waals surface area contributed by atoms with Crippen LogP contribution in [0, 0.1) is 5.92 Å². The Morgan fingerprint density at radius 1 is 1.52 bits per heavy atom. The minimum atomic E-state index is -2.57. The van der Waals surface area contributed by atoms with Gasteiger partial charge in [-0.2, -0.15) is 9.78 Å². The second-order valence-corrected chi connectivity index (χ2v) is 5.87. The molecule has 6 nitrogen and oxygen atoms in total. The molecule has 8 heteroatoms. The number of hydrogen-bond donors (Lipinski definition) is 1. The molecular formula is C15H17F2N3O3. The van der Waals surface area contributed by atoms with Crippen LogP contribution >= 0.6 is 0 Å². The van der Waals surface area contributed by atoms with Crippen molar-refractivity contribution in [3.05, 3.63) is 30.0 Å². The van der Waals surface area contributed by atoms with Crippen LogP contribution in [0.15, 0.2) is 30.0 Å². The van der Waals surface area contributed by atoms with E-state index in [-0.39, 0.29) is 30.9 Å². The Morgan fingerprint density at radius 2 is 2.26 bits per heavy atom. The van der Waals surface area contributed by atoms with Gasteiger partial charge in [0.05, 0.1) is 18.4 Å². The second kappa shape index (κ2) is 5.68. The average molecular weight is 325 g/mol. The number of carbonyl (C=O) groups is 1. The van der Waals surface area contributed by atoms with Gasteiger partial charge in [-0.05, 0) is 6.08 Å². The summed E-state index contributed by atoms with van der Waals surface area (Å²) in [5, 5.41) is 13.3. The summed E-state index contributed by atoms with van der Waals surface area (Å²) in [5.74, 6) is -2.78. The third kappa shape index (κ3) is 3.20. The maximum absolute atomic E-state index is 12.8. The Balaban J connectivity index is 1.72. The van der Waals surface area contributed by atoms with Crippen LogP contribution in [0.25, 0.3) is 5.82 Å². The number of nitrogens with zero attached hydrogens (tertiary/aromatic N) is 3. The van der Waals surface area contributed by atoms with Gasteiger partial charge in [0, 0.05) is 38.4 Å². The lowest BCUT2D eigenvalue weighted by atomic mass is 9.82. The summed E-state index contributed by atoms with van der Waals surface area (Å²) in [4.78, 5) is 12.9.